The minimum absolute atomic E-state index is 0.456. The molecule has 0 spiro atoms. The van der Waals surface area contributed by atoms with Gasteiger partial charge >= 0.3 is 0 Å². The van der Waals surface area contributed by atoms with Gasteiger partial charge in [0.05, 0.1) is 0 Å². The summed E-state index contributed by atoms with van der Waals surface area (Å²) in [7, 11) is 0. The maximum atomic E-state index is 11.1. The Labute approximate surface area is 87.7 Å². The lowest BCUT2D eigenvalue weighted by molar-refractivity contribution is -0.117. The molecule has 2 aliphatic rings. The first kappa shape index (κ1) is 9.66. The van der Waals surface area contributed by atoms with E-state index in [-0.39, 0.29) is 0 Å². The van der Waals surface area contributed by atoms with Crippen LogP contribution in [0, 0.1) is 5.92 Å². The van der Waals surface area contributed by atoms with Crippen LogP contribution in [-0.2, 0) is 4.79 Å². The number of ketones is 1. The van der Waals surface area contributed by atoms with E-state index < -0.39 is 0 Å². The van der Waals surface area contributed by atoms with Gasteiger partial charge in [-0.25, -0.2) is 0 Å². The van der Waals surface area contributed by atoms with Gasteiger partial charge in [-0.05, 0) is 24.8 Å². The van der Waals surface area contributed by atoms with E-state index in [0.717, 1.165) is 19.3 Å². The molecule has 1 aliphatic carbocycles. The van der Waals surface area contributed by atoms with Crippen molar-refractivity contribution in [2.75, 3.05) is 11.5 Å². The fourth-order valence-electron chi connectivity index (χ4n) is 1.89. The molecular formula is C10H14OS2. The number of rotatable bonds is 1. The molecule has 0 aromatic heterocycles. The van der Waals surface area contributed by atoms with Crippen LogP contribution in [0.4, 0.5) is 0 Å². The zero-order valence-electron chi connectivity index (χ0n) is 7.84. The molecule has 1 saturated heterocycles. The molecule has 0 aromatic rings. The lowest BCUT2D eigenvalue weighted by Gasteiger charge is -2.10. The zero-order chi connectivity index (χ0) is 9.26. The first-order chi connectivity index (χ1) is 6.27. The third kappa shape index (κ3) is 2.13. The summed E-state index contributed by atoms with van der Waals surface area (Å²) in [6.45, 7) is 2.21. The van der Waals surface area contributed by atoms with E-state index in [2.05, 4.69) is 6.92 Å². The normalized spacial score (nSPS) is 28.5. The largest absolute Gasteiger partial charge is 0.300 e. The highest BCUT2D eigenvalue weighted by Gasteiger charge is 2.26. The predicted molar refractivity (Wildman–Crippen MR) is 60.0 cm³/mol. The molecule has 0 radical (unpaired) electrons. The number of Topliss-reactive ketones (excluding diaryl/α,β-unsaturated/α-hetero) is 1. The number of thioether (sulfide) groups is 2. The summed E-state index contributed by atoms with van der Waals surface area (Å²) < 4.78 is 1.50. The van der Waals surface area contributed by atoms with Crippen LogP contribution in [0.3, 0.4) is 0 Å². The van der Waals surface area contributed by atoms with E-state index in [0.29, 0.717) is 11.7 Å². The third-order valence-electron chi connectivity index (χ3n) is 2.73. The van der Waals surface area contributed by atoms with Crippen LogP contribution < -0.4 is 0 Å². The van der Waals surface area contributed by atoms with Crippen molar-refractivity contribution in [2.45, 2.75) is 26.2 Å². The van der Waals surface area contributed by atoms with E-state index in [4.69, 9.17) is 0 Å². The quantitative estimate of drug-likeness (QED) is 0.668. The van der Waals surface area contributed by atoms with Crippen LogP contribution in [0.15, 0.2) is 9.81 Å². The Hall–Kier alpha value is 0.110. The molecule has 1 saturated carbocycles. The Morgan fingerprint density at radius 1 is 1.38 bits per heavy atom. The van der Waals surface area contributed by atoms with Gasteiger partial charge in [0, 0.05) is 28.6 Å². The molecule has 0 aromatic carbocycles. The molecule has 2 fully saturated rings. The van der Waals surface area contributed by atoms with E-state index in [1.165, 1.54) is 21.3 Å². The molecule has 1 nitrogen and oxygen atoms in total. The van der Waals surface area contributed by atoms with Gasteiger partial charge in [-0.1, -0.05) is 0 Å². The van der Waals surface area contributed by atoms with Gasteiger partial charge in [0.2, 0.25) is 0 Å². The van der Waals surface area contributed by atoms with Crippen LogP contribution in [0.2, 0.25) is 0 Å². The third-order valence-corrected chi connectivity index (χ3v) is 5.68. The Morgan fingerprint density at radius 3 is 2.62 bits per heavy atom. The van der Waals surface area contributed by atoms with Crippen molar-refractivity contribution in [3.05, 3.63) is 9.81 Å². The molecule has 1 atom stereocenters. The maximum Gasteiger partial charge on any atom is 0.133 e. The Balaban J connectivity index is 2.07. The van der Waals surface area contributed by atoms with Crippen molar-refractivity contribution in [3.63, 3.8) is 0 Å². The lowest BCUT2D eigenvalue weighted by Crippen LogP contribution is -1.97. The van der Waals surface area contributed by atoms with E-state index in [9.17, 15) is 4.79 Å². The average molecular weight is 214 g/mol. The highest BCUT2D eigenvalue weighted by molar-refractivity contribution is 8.25. The second-order valence-corrected chi connectivity index (χ2v) is 6.11. The van der Waals surface area contributed by atoms with Gasteiger partial charge in [-0.15, -0.1) is 23.5 Å². The monoisotopic (exact) mass is 214 g/mol. The molecule has 0 amide bonds. The van der Waals surface area contributed by atoms with Gasteiger partial charge in [-0.3, -0.25) is 4.79 Å². The zero-order valence-corrected chi connectivity index (χ0v) is 9.47. The summed E-state index contributed by atoms with van der Waals surface area (Å²) >= 11 is 3.94. The summed E-state index contributed by atoms with van der Waals surface area (Å²) in [5, 5.41) is 0. The molecule has 1 heterocycles. The fourth-order valence-corrected chi connectivity index (χ4v) is 4.55. The maximum absolute atomic E-state index is 11.1. The molecule has 72 valence electrons. The second kappa shape index (κ2) is 4.09. The first-order valence-electron chi connectivity index (χ1n) is 4.75. The number of carbonyl (C=O) groups is 1. The van der Waals surface area contributed by atoms with Crippen LogP contribution in [0.1, 0.15) is 26.2 Å². The number of allylic oxidation sites excluding steroid dienone is 1. The molecule has 0 N–H and O–H groups in total. The standard InChI is InChI=1S/C10H14OS2/c1-7(10-12-4-5-13-10)8-2-3-9(11)6-8/h8H,2-6H2,1H3. The van der Waals surface area contributed by atoms with Gasteiger partial charge in [0.25, 0.3) is 0 Å². The summed E-state index contributed by atoms with van der Waals surface area (Å²) in [5.74, 6) is 3.52. The summed E-state index contributed by atoms with van der Waals surface area (Å²) in [4.78, 5) is 11.1. The smallest absolute Gasteiger partial charge is 0.133 e. The van der Waals surface area contributed by atoms with E-state index >= 15 is 0 Å². The van der Waals surface area contributed by atoms with Crippen molar-refractivity contribution >= 4 is 29.3 Å². The van der Waals surface area contributed by atoms with Crippen molar-refractivity contribution in [2.24, 2.45) is 5.92 Å². The SMILES string of the molecule is CC(=C1SCCS1)C1CCC(=O)C1. The van der Waals surface area contributed by atoms with Gasteiger partial charge in [-0.2, -0.15) is 0 Å². The van der Waals surface area contributed by atoms with Crippen molar-refractivity contribution in [1.29, 1.82) is 0 Å². The van der Waals surface area contributed by atoms with Crippen LogP contribution in [0.5, 0.6) is 0 Å². The predicted octanol–water partition coefficient (Wildman–Crippen LogP) is 3.07. The molecular weight excluding hydrogens is 200 g/mol. The van der Waals surface area contributed by atoms with E-state index in [1.54, 1.807) is 0 Å². The number of hydrogen-bond donors (Lipinski definition) is 0. The number of carbonyl (C=O) groups excluding carboxylic acids is 1. The molecule has 2 rings (SSSR count). The topological polar surface area (TPSA) is 17.1 Å². The Kier molecular flexibility index (Phi) is 3.04. The summed E-state index contributed by atoms with van der Waals surface area (Å²) in [6, 6.07) is 0. The van der Waals surface area contributed by atoms with Crippen LogP contribution >= 0.6 is 23.5 Å². The molecule has 1 aliphatic heterocycles. The lowest BCUT2D eigenvalue weighted by atomic mass is 10.0. The Morgan fingerprint density at radius 2 is 2.08 bits per heavy atom. The van der Waals surface area contributed by atoms with E-state index in [1.807, 2.05) is 23.5 Å². The average Bonchev–Trinajstić information content (AvgIpc) is 2.72. The Bertz CT molecular complexity index is 250. The molecule has 1 unspecified atom stereocenters. The molecule has 3 heteroatoms. The van der Waals surface area contributed by atoms with Crippen LogP contribution in [-0.4, -0.2) is 17.3 Å². The van der Waals surface area contributed by atoms with Crippen molar-refractivity contribution in [3.8, 4) is 0 Å². The van der Waals surface area contributed by atoms with Gasteiger partial charge in [0.1, 0.15) is 5.78 Å². The summed E-state index contributed by atoms with van der Waals surface area (Å²) in [5.41, 5.74) is 1.48. The number of hydrogen-bond acceptors (Lipinski definition) is 3. The minimum atomic E-state index is 0.456. The minimum Gasteiger partial charge on any atom is -0.300 e. The molecule has 0 bridgehead atoms. The highest BCUT2D eigenvalue weighted by atomic mass is 32.2. The highest BCUT2D eigenvalue weighted by Crippen LogP contribution is 2.43. The van der Waals surface area contributed by atoms with Gasteiger partial charge in [0.15, 0.2) is 0 Å². The van der Waals surface area contributed by atoms with Crippen LogP contribution in [0.25, 0.3) is 0 Å². The second-order valence-electron chi connectivity index (χ2n) is 3.65. The fraction of sp³-hybridized carbons (Fsp3) is 0.700. The first-order valence-corrected chi connectivity index (χ1v) is 6.72. The van der Waals surface area contributed by atoms with Crippen molar-refractivity contribution in [1.82, 2.24) is 0 Å². The van der Waals surface area contributed by atoms with Crippen molar-refractivity contribution < 1.29 is 4.79 Å². The van der Waals surface area contributed by atoms with Gasteiger partial charge < -0.3 is 0 Å². The summed E-state index contributed by atoms with van der Waals surface area (Å²) in [6.07, 6.45) is 2.70. The molecule has 13 heavy (non-hydrogen) atoms.